The molecule has 3 aromatic carbocycles. The minimum atomic E-state index is -0.819. The highest BCUT2D eigenvalue weighted by atomic mass is 35.5. The number of hydrogen-bond acceptors (Lipinski definition) is 3. The first-order valence-electron chi connectivity index (χ1n) is 10.6. The molecular weight excluding hydrogens is 441 g/mol. The van der Waals surface area contributed by atoms with E-state index in [9.17, 15) is 14.0 Å². The van der Waals surface area contributed by atoms with E-state index in [4.69, 9.17) is 11.6 Å². The summed E-state index contributed by atoms with van der Waals surface area (Å²) >= 11 is 6.25. The van der Waals surface area contributed by atoms with Crippen LogP contribution in [-0.2, 0) is 9.59 Å². The zero-order valence-corrected chi connectivity index (χ0v) is 19.3. The number of halogens is 2. The molecule has 1 N–H and O–H groups in total. The van der Waals surface area contributed by atoms with Crippen LogP contribution in [0.2, 0.25) is 5.02 Å². The van der Waals surface area contributed by atoms with Crippen molar-refractivity contribution in [3.8, 4) is 0 Å². The van der Waals surface area contributed by atoms with Gasteiger partial charge in [-0.15, -0.1) is 0 Å². The summed E-state index contributed by atoms with van der Waals surface area (Å²) in [6, 6.07) is 16.0. The average molecular weight is 464 g/mol. The molecule has 0 spiro atoms. The van der Waals surface area contributed by atoms with Crippen molar-refractivity contribution in [1.29, 1.82) is 0 Å². The summed E-state index contributed by atoms with van der Waals surface area (Å²) in [6.07, 6.45) is 0. The first-order valence-corrected chi connectivity index (χ1v) is 10.9. The normalized spacial score (nSPS) is 15.5. The first-order chi connectivity index (χ1) is 15.7. The standard InChI is InChI=1S/C26H23ClFN3O2/c1-15-8-10-19(12-16(15)2)30-24(32)14-31-23-11-9-18(27)13-21(23)25(29-17(3)26(31)33)20-6-4-5-7-22(20)28/h4-13,17H,14H2,1-3H3,(H,30,32). The number of aryl methyl sites for hydroxylation is 2. The number of aliphatic imine (C=N–C) groups is 1. The monoisotopic (exact) mass is 463 g/mol. The molecule has 1 unspecified atom stereocenters. The van der Waals surface area contributed by atoms with Crippen LogP contribution in [0.4, 0.5) is 15.8 Å². The Balaban J connectivity index is 1.72. The Hall–Kier alpha value is -3.51. The molecule has 33 heavy (non-hydrogen) atoms. The molecule has 0 aliphatic carbocycles. The number of nitrogens with zero attached hydrogens (tertiary/aromatic N) is 2. The third-order valence-corrected chi connectivity index (χ3v) is 5.91. The molecule has 1 atom stereocenters. The molecule has 4 rings (SSSR count). The molecule has 0 bridgehead atoms. The molecule has 0 saturated heterocycles. The Morgan fingerprint density at radius 1 is 1.06 bits per heavy atom. The van der Waals surface area contributed by atoms with Crippen LogP contribution in [0.3, 0.4) is 0 Å². The number of anilines is 2. The molecule has 0 aromatic heterocycles. The van der Waals surface area contributed by atoms with Gasteiger partial charge in [-0.05, 0) is 74.4 Å². The van der Waals surface area contributed by atoms with E-state index in [0.717, 1.165) is 11.1 Å². The Morgan fingerprint density at radius 2 is 1.82 bits per heavy atom. The summed E-state index contributed by atoms with van der Waals surface area (Å²) in [6.45, 7) is 5.37. The summed E-state index contributed by atoms with van der Waals surface area (Å²) in [5, 5.41) is 3.27. The minimum Gasteiger partial charge on any atom is -0.325 e. The highest BCUT2D eigenvalue weighted by Gasteiger charge is 2.31. The topological polar surface area (TPSA) is 61.8 Å². The Kier molecular flexibility index (Phi) is 6.29. The number of carbonyl (C=O) groups excluding carboxylic acids is 2. The summed E-state index contributed by atoms with van der Waals surface area (Å²) < 4.78 is 14.7. The third kappa shape index (κ3) is 4.66. The molecule has 0 fully saturated rings. The lowest BCUT2D eigenvalue weighted by Crippen LogP contribution is -2.42. The van der Waals surface area contributed by atoms with Crippen molar-refractivity contribution < 1.29 is 14.0 Å². The lowest BCUT2D eigenvalue weighted by molar-refractivity contribution is -0.122. The maximum atomic E-state index is 14.7. The second kappa shape index (κ2) is 9.16. The van der Waals surface area contributed by atoms with Crippen molar-refractivity contribution in [3.05, 3.63) is 93.8 Å². The molecule has 1 heterocycles. The molecular formula is C26H23ClFN3O2. The number of carbonyl (C=O) groups is 2. The second-order valence-electron chi connectivity index (χ2n) is 8.07. The Morgan fingerprint density at radius 3 is 2.55 bits per heavy atom. The fraction of sp³-hybridized carbons (Fsp3) is 0.192. The van der Waals surface area contributed by atoms with Crippen LogP contribution in [0.5, 0.6) is 0 Å². The fourth-order valence-corrected chi connectivity index (χ4v) is 3.96. The minimum absolute atomic E-state index is 0.217. The van der Waals surface area contributed by atoms with Crippen LogP contribution in [0, 0.1) is 19.7 Å². The molecule has 7 heteroatoms. The van der Waals surface area contributed by atoms with Crippen LogP contribution < -0.4 is 10.2 Å². The van der Waals surface area contributed by atoms with E-state index in [1.54, 1.807) is 43.3 Å². The molecule has 0 radical (unpaired) electrons. The van der Waals surface area contributed by atoms with Crippen molar-refractivity contribution >= 4 is 40.5 Å². The highest BCUT2D eigenvalue weighted by Crippen LogP contribution is 2.31. The van der Waals surface area contributed by atoms with Crippen molar-refractivity contribution in [2.45, 2.75) is 26.8 Å². The molecule has 1 aliphatic rings. The van der Waals surface area contributed by atoms with Gasteiger partial charge in [0, 0.05) is 21.8 Å². The Labute approximate surface area is 196 Å². The number of fused-ring (bicyclic) bond motifs is 1. The summed E-state index contributed by atoms with van der Waals surface area (Å²) in [7, 11) is 0. The maximum absolute atomic E-state index is 14.7. The first kappa shape index (κ1) is 22.7. The number of nitrogens with one attached hydrogen (secondary N) is 1. The van der Waals surface area contributed by atoms with Gasteiger partial charge in [-0.25, -0.2) is 4.39 Å². The van der Waals surface area contributed by atoms with Gasteiger partial charge in [0.15, 0.2) is 0 Å². The summed E-state index contributed by atoms with van der Waals surface area (Å²) in [4.78, 5) is 32.1. The number of hydrogen-bond donors (Lipinski definition) is 1. The zero-order chi connectivity index (χ0) is 23.7. The van der Waals surface area contributed by atoms with Gasteiger partial charge >= 0.3 is 0 Å². The summed E-state index contributed by atoms with van der Waals surface area (Å²) in [5.41, 5.74) is 4.35. The smallest absolute Gasteiger partial charge is 0.252 e. The number of rotatable bonds is 4. The van der Waals surface area contributed by atoms with Gasteiger partial charge in [-0.2, -0.15) is 0 Å². The fourth-order valence-electron chi connectivity index (χ4n) is 3.79. The quantitative estimate of drug-likeness (QED) is 0.570. The number of benzene rings is 3. The van der Waals surface area contributed by atoms with Gasteiger partial charge in [0.1, 0.15) is 18.4 Å². The largest absolute Gasteiger partial charge is 0.325 e. The molecule has 168 valence electrons. The van der Waals surface area contributed by atoms with Crippen LogP contribution in [-0.4, -0.2) is 30.1 Å². The van der Waals surface area contributed by atoms with Crippen LogP contribution in [0.25, 0.3) is 0 Å². The van der Waals surface area contributed by atoms with E-state index in [0.29, 0.717) is 27.7 Å². The van der Waals surface area contributed by atoms with Gasteiger partial charge in [-0.3, -0.25) is 14.6 Å². The summed E-state index contributed by atoms with van der Waals surface area (Å²) in [5.74, 6) is -1.17. The molecule has 0 saturated carbocycles. The van der Waals surface area contributed by atoms with E-state index >= 15 is 0 Å². The van der Waals surface area contributed by atoms with Crippen LogP contribution >= 0.6 is 11.6 Å². The molecule has 1 aliphatic heterocycles. The predicted molar refractivity (Wildman–Crippen MR) is 130 cm³/mol. The van der Waals surface area contributed by atoms with Crippen LogP contribution in [0.15, 0.2) is 65.7 Å². The lowest BCUT2D eigenvalue weighted by atomic mass is 9.99. The maximum Gasteiger partial charge on any atom is 0.252 e. The van der Waals surface area contributed by atoms with Crippen molar-refractivity contribution in [2.24, 2.45) is 4.99 Å². The second-order valence-corrected chi connectivity index (χ2v) is 8.50. The van der Waals surface area contributed by atoms with Gasteiger partial charge in [0.25, 0.3) is 5.91 Å². The average Bonchev–Trinajstić information content (AvgIpc) is 2.87. The molecule has 3 aromatic rings. The molecule has 2 amide bonds. The van der Waals surface area contributed by atoms with E-state index in [1.807, 2.05) is 32.0 Å². The number of amides is 2. The van der Waals surface area contributed by atoms with E-state index in [2.05, 4.69) is 10.3 Å². The van der Waals surface area contributed by atoms with Gasteiger partial charge in [-0.1, -0.05) is 29.8 Å². The van der Waals surface area contributed by atoms with Crippen molar-refractivity contribution in [1.82, 2.24) is 0 Å². The lowest BCUT2D eigenvalue weighted by Gasteiger charge is -2.24. The van der Waals surface area contributed by atoms with E-state index < -0.39 is 11.9 Å². The van der Waals surface area contributed by atoms with Gasteiger partial charge in [0.05, 0.1) is 11.4 Å². The SMILES string of the molecule is Cc1ccc(NC(=O)CN2C(=O)C(C)N=C(c3ccccc3F)c3cc(Cl)ccc32)cc1C. The van der Waals surface area contributed by atoms with E-state index in [-0.39, 0.29) is 23.9 Å². The molecule has 5 nitrogen and oxygen atoms in total. The third-order valence-electron chi connectivity index (χ3n) is 5.67. The van der Waals surface area contributed by atoms with E-state index in [1.165, 1.54) is 11.0 Å². The van der Waals surface area contributed by atoms with Gasteiger partial charge < -0.3 is 10.2 Å². The Bertz CT molecular complexity index is 1290. The van der Waals surface area contributed by atoms with Crippen LogP contribution in [0.1, 0.15) is 29.2 Å². The number of benzodiazepines with no additional fused rings is 1. The van der Waals surface area contributed by atoms with Gasteiger partial charge in [0.2, 0.25) is 5.91 Å². The van der Waals surface area contributed by atoms with Crippen molar-refractivity contribution in [2.75, 3.05) is 16.8 Å². The van der Waals surface area contributed by atoms with Crippen molar-refractivity contribution in [3.63, 3.8) is 0 Å². The zero-order valence-electron chi connectivity index (χ0n) is 18.5. The predicted octanol–water partition coefficient (Wildman–Crippen LogP) is 5.31. The highest BCUT2D eigenvalue weighted by molar-refractivity contribution is 6.32.